The van der Waals surface area contributed by atoms with Gasteiger partial charge in [-0.25, -0.2) is 0 Å². The Hall–Kier alpha value is -0.530. The molecule has 3 atom stereocenters. The molecule has 1 N–H and O–H groups in total. The molecule has 2 heteroatoms. The van der Waals surface area contributed by atoms with Crippen molar-refractivity contribution in [2.24, 2.45) is 22.9 Å². The van der Waals surface area contributed by atoms with Crippen LogP contribution in [-0.4, -0.2) is 10.9 Å². The first-order chi connectivity index (χ1) is 5.78. The second-order valence-corrected chi connectivity index (χ2v) is 4.62. The molecule has 2 nitrogen and oxygen atoms in total. The Balaban J connectivity index is 2.05. The van der Waals surface area contributed by atoms with Gasteiger partial charge in [-0.1, -0.05) is 12.1 Å². The summed E-state index contributed by atoms with van der Waals surface area (Å²) in [6.45, 7) is 2.35. The highest BCUT2D eigenvalue weighted by Gasteiger charge is 2.32. The zero-order valence-corrected chi connectivity index (χ0v) is 7.66. The molecule has 0 aromatic carbocycles. The minimum absolute atomic E-state index is 0.818. The van der Waals surface area contributed by atoms with Gasteiger partial charge in [-0.2, -0.15) is 0 Å². The number of nitrogens with zero attached hydrogens (tertiary/aromatic N) is 1. The standard InChI is InChI=1S/C10H17NO/c1-7-2-8-4-9(3-7)6-10(5-8)11-12/h7-9,12H,2-6H2,1H3/t7?,8-,9?/m1/s1. The molecule has 2 aliphatic carbocycles. The molecule has 2 fully saturated rings. The minimum atomic E-state index is 0.818. The molecule has 12 heavy (non-hydrogen) atoms. The van der Waals surface area contributed by atoms with Crippen LogP contribution in [0.4, 0.5) is 0 Å². The fourth-order valence-electron chi connectivity index (χ4n) is 3.06. The largest absolute Gasteiger partial charge is 0.411 e. The molecule has 0 aliphatic heterocycles. The lowest BCUT2D eigenvalue weighted by molar-refractivity contribution is 0.192. The van der Waals surface area contributed by atoms with E-state index in [1.807, 2.05) is 0 Å². The summed E-state index contributed by atoms with van der Waals surface area (Å²) in [7, 11) is 0. The van der Waals surface area contributed by atoms with Gasteiger partial charge < -0.3 is 5.21 Å². The van der Waals surface area contributed by atoms with Crippen LogP contribution in [0, 0.1) is 17.8 Å². The quantitative estimate of drug-likeness (QED) is 0.436. The van der Waals surface area contributed by atoms with Gasteiger partial charge >= 0.3 is 0 Å². The zero-order chi connectivity index (χ0) is 8.55. The van der Waals surface area contributed by atoms with E-state index in [0.717, 1.165) is 36.3 Å². The van der Waals surface area contributed by atoms with Crippen molar-refractivity contribution >= 4 is 5.71 Å². The van der Waals surface area contributed by atoms with Crippen molar-refractivity contribution in [3.8, 4) is 0 Å². The Morgan fingerprint density at radius 3 is 2.25 bits per heavy atom. The van der Waals surface area contributed by atoms with Crippen LogP contribution >= 0.6 is 0 Å². The van der Waals surface area contributed by atoms with Crippen LogP contribution in [0.5, 0.6) is 0 Å². The van der Waals surface area contributed by atoms with E-state index in [2.05, 4.69) is 12.1 Å². The fraction of sp³-hybridized carbons (Fsp3) is 0.900. The van der Waals surface area contributed by atoms with Crippen LogP contribution in [0.1, 0.15) is 39.0 Å². The van der Waals surface area contributed by atoms with Crippen molar-refractivity contribution in [3.63, 3.8) is 0 Å². The SMILES string of the molecule is CC1CC2CC(=NO)C[C@H](C1)C2. The monoisotopic (exact) mass is 167 g/mol. The van der Waals surface area contributed by atoms with Crippen molar-refractivity contribution < 1.29 is 5.21 Å². The van der Waals surface area contributed by atoms with Crippen LogP contribution in [0.3, 0.4) is 0 Å². The third-order valence-corrected chi connectivity index (χ3v) is 3.33. The van der Waals surface area contributed by atoms with E-state index in [0.29, 0.717) is 0 Å². The maximum atomic E-state index is 8.70. The predicted molar refractivity (Wildman–Crippen MR) is 48.5 cm³/mol. The summed E-state index contributed by atoms with van der Waals surface area (Å²) in [6, 6.07) is 0. The van der Waals surface area contributed by atoms with Gasteiger partial charge in [-0.3, -0.25) is 0 Å². The lowest BCUT2D eigenvalue weighted by Gasteiger charge is -2.37. The third kappa shape index (κ3) is 1.47. The van der Waals surface area contributed by atoms with E-state index in [4.69, 9.17) is 5.21 Å². The van der Waals surface area contributed by atoms with Crippen LogP contribution in [0.25, 0.3) is 0 Å². The van der Waals surface area contributed by atoms with E-state index in [1.54, 1.807) is 0 Å². The summed E-state index contributed by atoms with van der Waals surface area (Å²) in [6.07, 6.45) is 6.17. The Morgan fingerprint density at radius 2 is 1.75 bits per heavy atom. The van der Waals surface area contributed by atoms with E-state index in [1.165, 1.54) is 19.3 Å². The molecule has 0 saturated heterocycles. The van der Waals surface area contributed by atoms with Crippen LogP contribution in [0.15, 0.2) is 5.16 Å². The molecule has 0 aromatic rings. The minimum Gasteiger partial charge on any atom is -0.411 e. The molecule has 68 valence electrons. The van der Waals surface area contributed by atoms with E-state index < -0.39 is 0 Å². The summed E-state index contributed by atoms with van der Waals surface area (Å²) >= 11 is 0. The van der Waals surface area contributed by atoms with Gasteiger partial charge in [0.25, 0.3) is 0 Å². The van der Waals surface area contributed by atoms with Gasteiger partial charge in [0.15, 0.2) is 0 Å². The Bertz CT molecular complexity index is 180. The Morgan fingerprint density at radius 1 is 1.17 bits per heavy atom. The molecule has 0 spiro atoms. The van der Waals surface area contributed by atoms with Gasteiger partial charge in [0.1, 0.15) is 0 Å². The fourth-order valence-corrected chi connectivity index (χ4v) is 3.06. The molecule has 0 amide bonds. The molecule has 2 aliphatic rings. The van der Waals surface area contributed by atoms with Crippen LogP contribution < -0.4 is 0 Å². The summed E-state index contributed by atoms with van der Waals surface area (Å²) in [4.78, 5) is 0. The number of fused-ring (bicyclic) bond motifs is 2. The molecule has 2 rings (SSSR count). The number of oxime groups is 1. The van der Waals surface area contributed by atoms with Gasteiger partial charge in [-0.15, -0.1) is 0 Å². The summed E-state index contributed by atoms with van der Waals surface area (Å²) in [5.74, 6) is 2.53. The van der Waals surface area contributed by atoms with Crippen molar-refractivity contribution in [1.29, 1.82) is 0 Å². The Kier molecular flexibility index (Phi) is 2.07. The molecule has 0 radical (unpaired) electrons. The summed E-state index contributed by atoms with van der Waals surface area (Å²) < 4.78 is 0. The first-order valence-corrected chi connectivity index (χ1v) is 4.97. The van der Waals surface area contributed by atoms with Crippen molar-refractivity contribution in [3.05, 3.63) is 0 Å². The van der Waals surface area contributed by atoms with Crippen LogP contribution in [-0.2, 0) is 0 Å². The molecule has 2 bridgehead atoms. The first kappa shape index (κ1) is 8.09. The van der Waals surface area contributed by atoms with E-state index in [-0.39, 0.29) is 0 Å². The summed E-state index contributed by atoms with van der Waals surface area (Å²) in [5.41, 5.74) is 1.04. The molecule has 2 unspecified atom stereocenters. The second kappa shape index (κ2) is 3.08. The average Bonchev–Trinajstić information content (AvgIpc) is 2.02. The van der Waals surface area contributed by atoms with Gasteiger partial charge in [0.05, 0.1) is 5.71 Å². The smallest absolute Gasteiger partial charge is 0.0576 e. The molecular formula is C10H17NO. The molecular weight excluding hydrogens is 150 g/mol. The highest BCUT2D eigenvalue weighted by Crippen LogP contribution is 2.41. The second-order valence-electron chi connectivity index (χ2n) is 4.62. The van der Waals surface area contributed by atoms with Gasteiger partial charge in [-0.05, 0) is 49.9 Å². The zero-order valence-electron chi connectivity index (χ0n) is 7.66. The number of rotatable bonds is 0. The highest BCUT2D eigenvalue weighted by molar-refractivity contribution is 5.85. The lowest BCUT2D eigenvalue weighted by Crippen LogP contribution is -2.30. The third-order valence-electron chi connectivity index (χ3n) is 3.33. The van der Waals surface area contributed by atoms with Crippen molar-refractivity contribution in [2.75, 3.05) is 0 Å². The predicted octanol–water partition coefficient (Wildman–Crippen LogP) is 2.66. The van der Waals surface area contributed by atoms with E-state index >= 15 is 0 Å². The van der Waals surface area contributed by atoms with Crippen LogP contribution in [0.2, 0.25) is 0 Å². The maximum absolute atomic E-state index is 8.70. The Labute approximate surface area is 73.7 Å². The molecule has 2 saturated carbocycles. The van der Waals surface area contributed by atoms with Gasteiger partial charge in [0.2, 0.25) is 0 Å². The normalized spacial score (nSPS) is 44.8. The topological polar surface area (TPSA) is 32.6 Å². The van der Waals surface area contributed by atoms with Crippen molar-refractivity contribution in [1.82, 2.24) is 0 Å². The van der Waals surface area contributed by atoms with Crippen molar-refractivity contribution in [2.45, 2.75) is 39.0 Å². The number of hydrogen-bond donors (Lipinski definition) is 1. The maximum Gasteiger partial charge on any atom is 0.0576 e. The lowest BCUT2D eigenvalue weighted by atomic mass is 9.68. The molecule has 0 aromatic heterocycles. The highest BCUT2D eigenvalue weighted by atomic mass is 16.4. The van der Waals surface area contributed by atoms with Gasteiger partial charge in [0, 0.05) is 0 Å². The summed E-state index contributed by atoms with van der Waals surface area (Å²) in [5, 5.41) is 12.1. The molecule has 0 heterocycles. The first-order valence-electron chi connectivity index (χ1n) is 4.97. The average molecular weight is 167 g/mol. The van der Waals surface area contributed by atoms with E-state index in [9.17, 15) is 0 Å². The number of hydrogen-bond acceptors (Lipinski definition) is 2.